The highest BCUT2D eigenvalue weighted by Crippen LogP contribution is 2.24. The van der Waals surface area contributed by atoms with Crippen molar-refractivity contribution in [2.24, 2.45) is 7.05 Å². The van der Waals surface area contributed by atoms with Gasteiger partial charge in [0.25, 0.3) is 0 Å². The molecule has 80 valence electrons. The van der Waals surface area contributed by atoms with Gasteiger partial charge in [-0.3, -0.25) is 4.98 Å². The Morgan fingerprint density at radius 1 is 1.12 bits per heavy atom. The van der Waals surface area contributed by atoms with E-state index in [-0.39, 0.29) is 0 Å². The monoisotopic (exact) mass is 211 g/mol. The van der Waals surface area contributed by atoms with Crippen LogP contribution in [-0.4, -0.2) is 14.5 Å². The first-order chi connectivity index (χ1) is 7.66. The van der Waals surface area contributed by atoms with E-state index in [4.69, 9.17) is 0 Å². The molecule has 0 saturated heterocycles. The number of nitrogens with zero attached hydrogens (tertiary/aromatic N) is 3. The van der Waals surface area contributed by atoms with Gasteiger partial charge in [-0.05, 0) is 26.0 Å². The highest BCUT2D eigenvalue weighted by atomic mass is 15.1. The van der Waals surface area contributed by atoms with Gasteiger partial charge in [-0.1, -0.05) is 11.6 Å². The van der Waals surface area contributed by atoms with Crippen LogP contribution in [0.2, 0.25) is 0 Å². The van der Waals surface area contributed by atoms with Crippen molar-refractivity contribution in [3.8, 4) is 0 Å². The highest BCUT2D eigenvalue weighted by Gasteiger charge is 2.08. The van der Waals surface area contributed by atoms with E-state index in [9.17, 15) is 0 Å². The van der Waals surface area contributed by atoms with Crippen LogP contribution in [-0.2, 0) is 7.05 Å². The number of aryl methyl sites for hydroxylation is 3. The molecule has 0 unspecified atom stereocenters. The zero-order valence-electron chi connectivity index (χ0n) is 9.65. The highest BCUT2D eigenvalue weighted by molar-refractivity contribution is 6.02. The maximum atomic E-state index is 4.49. The van der Waals surface area contributed by atoms with Gasteiger partial charge in [0.1, 0.15) is 11.3 Å². The Hall–Kier alpha value is -1.90. The van der Waals surface area contributed by atoms with E-state index in [0.29, 0.717) is 0 Å². The van der Waals surface area contributed by atoms with Gasteiger partial charge in [-0.15, -0.1) is 0 Å². The standard InChI is InChI=1S/C13H13N3/c1-8-4-5-11-10(6-8)13-12(7-14-11)15-9(2)16(13)3/h4-7H,1-3H3. The van der Waals surface area contributed by atoms with Gasteiger partial charge in [-0.25, -0.2) is 4.98 Å². The summed E-state index contributed by atoms with van der Waals surface area (Å²) in [6.45, 7) is 4.11. The molecule has 3 aromatic rings. The first kappa shape index (κ1) is 9.33. The molecule has 0 bridgehead atoms. The Kier molecular flexibility index (Phi) is 1.78. The summed E-state index contributed by atoms with van der Waals surface area (Å²) >= 11 is 0. The first-order valence-corrected chi connectivity index (χ1v) is 5.35. The maximum Gasteiger partial charge on any atom is 0.108 e. The molecule has 0 fully saturated rings. The average molecular weight is 211 g/mol. The number of aromatic nitrogens is 3. The predicted octanol–water partition coefficient (Wildman–Crippen LogP) is 2.74. The van der Waals surface area contributed by atoms with Crippen molar-refractivity contribution in [2.75, 3.05) is 0 Å². The lowest BCUT2D eigenvalue weighted by molar-refractivity contribution is 0.888. The molecule has 0 spiro atoms. The van der Waals surface area contributed by atoms with Crippen LogP contribution >= 0.6 is 0 Å². The SMILES string of the molecule is Cc1ccc2ncc3nc(C)n(C)c3c2c1. The molecule has 2 aromatic heterocycles. The van der Waals surface area contributed by atoms with Crippen LogP contribution in [0.5, 0.6) is 0 Å². The van der Waals surface area contributed by atoms with Crippen molar-refractivity contribution >= 4 is 21.9 Å². The fourth-order valence-corrected chi connectivity index (χ4v) is 2.13. The fraction of sp³-hybridized carbons (Fsp3) is 0.231. The molecule has 0 aliphatic rings. The van der Waals surface area contributed by atoms with Crippen molar-refractivity contribution in [1.82, 2.24) is 14.5 Å². The number of hydrogen-bond donors (Lipinski definition) is 0. The molecule has 0 saturated carbocycles. The molecule has 0 radical (unpaired) electrons. The van der Waals surface area contributed by atoms with Gasteiger partial charge >= 0.3 is 0 Å². The van der Waals surface area contributed by atoms with E-state index in [0.717, 1.165) is 16.9 Å². The number of benzene rings is 1. The molecular formula is C13H13N3. The van der Waals surface area contributed by atoms with E-state index in [1.165, 1.54) is 16.5 Å². The first-order valence-electron chi connectivity index (χ1n) is 5.35. The van der Waals surface area contributed by atoms with Crippen molar-refractivity contribution in [1.29, 1.82) is 0 Å². The summed E-state index contributed by atoms with van der Waals surface area (Å²) in [5.41, 5.74) is 4.42. The van der Waals surface area contributed by atoms with E-state index < -0.39 is 0 Å². The minimum absolute atomic E-state index is 0.970. The van der Waals surface area contributed by atoms with Crippen molar-refractivity contribution in [2.45, 2.75) is 13.8 Å². The summed E-state index contributed by atoms with van der Waals surface area (Å²) in [6.07, 6.45) is 1.85. The van der Waals surface area contributed by atoms with Crippen LogP contribution in [0.25, 0.3) is 21.9 Å². The molecular weight excluding hydrogens is 198 g/mol. The number of fused-ring (bicyclic) bond motifs is 3. The second-order valence-corrected chi connectivity index (χ2v) is 4.23. The third kappa shape index (κ3) is 1.14. The van der Waals surface area contributed by atoms with Crippen LogP contribution < -0.4 is 0 Å². The molecule has 2 heterocycles. The summed E-state index contributed by atoms with van der Waals surface area (Å²) in [7, 11) is 2.05. The smallest absolute Gasteiger partial charge is 0.108 e. The molecule has 0 aliphatic heterocycles. The topological polar surface area (TPSA) is 30.7 Å². The van der Waals surface area contributed by atoms with Crippen molar-refractivity contribution in [3.63, 3.8) is 0 Å². The van der Waals surface area contributed by atoms with E-state index in [1.807, 2.05) is 20.2 Å². The normalized spacial score (nSPS) is 11.4. The Morgan fingerprint density at radius 2 is 1.94 bits per heavy atom. The Bertz CT molecular complexity index is 695. The second kappa shape index (κ2) is 3.04. The summed E-state index contributed by atoms with van der Waals surface area (Å²) in [6, 6.07) is 6.32. The zero-order valence-corrected chi connectivity index (χ0v) is 9.65. The Balaban J connectivity index is 2.60. The van der Waals surface area contributed by atoms with Gasteiger partial charge < -0.3 is 4.57 Å². The largest absolute Gasteiger partial charge is 0.331 e. The Morgan fingerprint density at radius 3 is 2.75 bits per heavy atom. The summed E-state index contributed by atoms with van der Waals surface area (Å²) in [4.78, 5) is 8.92. The lowest BCUT2D eigenvalue weighted by atomic mass is 10.1. The van der Waals surface area contributed by atoms with Gasteiger partial charge in [0.15, 0.2) is 0 Å². The van der Waals surface area contributed by atoms with Crippen LogP contribution in [0.15, 0.2) is 24.4 Å². The van der Waals surface area contributed by atoms with E-state index in [2.05, 4.69) is 39.7 Å². The van der Waals surface area contributed by atoms with Gasteiger partial charge in [0, 0.05) is 12.4 Å². The minimum atomic E-state index is 0.970. The zero-order chi connectivity index (χ0) is 11.3. The molecule has 3 nitrogen and oxygen atoms in total. The molecule has 0 N–H and O–H groups in total. The molecule has 3 rings (SSSR count). The molecule has 0 atom stereocenters. The van der Waals surface area contributed by atoms with Crippen LogP contribution in [0, 0.1) is 13.8 Å². The number of pyridine rings is 1. The van der Waals surface area contributed by atoms with Crippen molar-refractivity contribution < 1.29 is 0 Å². The maximum absolute atomic E-state index is 4.49. The average Bonchev–Trinajstić information content (AvgIpc) is 2.55. The molecule has 0 amide bonds. The lowest BCUT2D eigenvalue weighted by Gasteiger charge is -2.02. The molecule has 1 aromatic carbocycles. The molecule has 3 heteroatoms. The summed E-state index contributed by atoms with van der Waals surface area (Å²) in [5, 5.41) is 1.18. The Labute approximate surface area is 93.7 Å². The molecule has 0 aliphatic carbocycles. The second-order valence-electron chi connectivity index (χ2n) is 4.23. The third-order valence-electron chi connectivity index (χ3n) is 3.08. The summed E-state index contributed by atoms with van der Waals surface area (Å²) < 4.78 is 2.12. The lowest BCUT2D eigenvalue weighted by Crippen LogP contribution is -1.92. The van der Waals surface area contributed by atoms with Crippen molar-refractivity contribution in [3.05, 3.63) is 35.8 Å². The van der Waals surface area contributed by atoms with E-state index >= 15 is 0 Å². The van der Waals surface area contributed by atoms with Crippen LogP contribution in [0.4, 0.5) is 0 Å². The number of rotatable bonds is 0. The third-order valence-corrected chi connectivity index (χ3v) is 3.08. The number of hydrogen-bond acceptors (Lipinski definition) is 2. The predicted molar refractivity (Wildman–Crippen MR) is 65.5 cm³/mol. The quantitative estimate of drug-likeness (QED) is 0.572. The van der Waals surface area contributed by atoms with Gasteiger partial charge in [0.05, 0.1) is 17.2 Å². The van der Waals surface area contributed by atoms with Gasteiger partial charge in [0.2, 0.25) is 0 Å². The minimum Gasteiger partial charge on any atom is -0.331 e. The van der Waals surface area contributed by atoms with Gasteiger partial charge in [-0.2, -0.15) is 0 Å². The fourth-order valence-electron chi connectivity index (χ4n) is 2.13. The van der Waals surface area contributed by atoms with Crippen LogP contribution in [0.3, 0.4) is 0 Å². The number of imidazole rings is 1. The van der Waals surface area contributed by atoms with Crippen LogP contribution in [0.1, 0.15) is 11.4 Å². The van der Waals surface area contributed by atoms with E-state index in [1.54, 1.807) is 0 Å². The molecule has 16 heavy (non-hydrogen) atoms. The summed E-state index contributed by atoms with van der Waals surface area (Å²) in [5.74, 6) is 1.02.